The number of rotatable bonds is 5. The van der Waals surface area contributed by atoms with Crippen molar-refractivity contribution in [3.05, 3.63) is 59.7 Å². The third-order valence-corrected chi connectivity index (χ3v) is 4.20. The number of nitrogens with one attached hydrogen (secondary N) is 1. The highest BCUT2D eigenvalue weighted by atomic mass is 16.5. The summed E-state index contributed by atoms with van der Waals surface area (Å²) in [6.45, 7) is 3.99. The predicted octanol–water partition coefficient (Wildman–Crippen LogP) is 3.57. The summed E-state index contributed by atoms with van der Waals surface area (Å²) in [4.78, 5) is 26.9. The molecule has 0 bridgehead atoms. The highest BCUT2D eigenvalue weighted by Crippen LogP contribution is 2.24. The molecule has 2 aromatic rings. The molecular weight excluding hydrogens is 316 g/mol. The zero-order chi connectivity index (χ0) is 17.6. The number of para-hydroxylation sites is 2. The molecule has 1 aliphatic heterocycles. The number of nitrogens with zero attached hydrogens (tertiary/aromatic N) is 1. The lowest BCUT2D eigenvalue weighted by atomic mass is 10.1. The Morgan fingerprint density at radius 1 is 1.04 bits per heavy atom. The zero-order valence-electron chi connectivity index (χ0n) is 14.3. The molecule has 0 atom stereocenters. The second-order valence-electron chi connectivity index (χ2n) is 5.96. The van der Waals surface area contributed by atoms with Gasteiger partial charge in [-0.25, -0.2) is 0 Å². The number of likely N-dealkylation sites (tertiary alicyclic amines) is 1. The number of anilines is 1. The van der Waals surface area contributed by atoms with Gasteiger partial charge in [-0.1, -0.05) is 18.2 Å². The maximum Gasteiger partial charge on any atom is 0.255 e. The second-order valence-corrected chi connectivity index (χ2v) is 5.96. The van der Waals surface area contributed by atoms with Crippen LogP contribution < -0.4 is 10.1 Å². The van der Waals surface area contributed by atoms with E-state index in [-0.39, 0.29) is 11.8 Å². The molecule has 1 N–H and O–H groups in total. The fourth-order valence-electron chi connectivity index (χ4n) is 2.94. The van der Waals surface area contributed by atoms with E-state index in [1.165, 1.54) is 0 Å². The first kappa shape index (κ1) is 17.0. The third-order valence-electron chi connectivity index (χ3n) is 4.20. The molecule has 2 aromatic carbocycles. The van der Waals surface area contributed by atoms with Crippen molar-refractivity contribution >= 4 is 17.5 Å². The van der Waals surface area contributed by atoms with E-state index in [9.17, 15) is 9.59 Å². The van der Waals surface area contributed by atoms with Gasteiger partial charge in [0.1, 0.15) is 5.75 Å². The first-order chi connectivity index (χ1) is 12.2. The summed E-state index contributed by atoms with van der Waals surface area (Å²) in [5, 5.41) is 2.86. The smallest absolute Gasteiger partial charge is 0.255 e. The van der Waals surface area contributed by atoms with Crippen molar-refractivity contribution in [2.45, 2.75) is 19.8 Å². The van der Waals surface area contributed by atoms with Gasteiger partial charge in [0.15, 0.2) is 0 Å². The summed E-state index contributed by atoms with van der Waals surface area (Å²) in [7, 11) is 0. The van der Waals surface area contributed by atoms with Crippen LogP contribution in [0.1, 0.15) is 40.5 Å². The van der Waals surface area contributed by atoms with Crippen LogP contribution in [-0.2, 0) is 0 Å². The number of ether oxygens (including phenoxy) is 1. The molecule has 0 unspecified atom stereocenters. The minimum atomic E-state index is -0.261. The fourth-order valence-corrected chi connectivity index (χ4v) is 2.94. The van der Waals surface area contributed by atoms with Crippen molar-refractivity contribution in [1.82, 2.24) is 4.90 Å². The van der Waals surface area contributed by atoms with E-state index < -0.39 is 0 Å². The van der Waals surface area contributed by atoms with Crippen LogP contribution in [-0.4, -0.2) is 36.4 Å². The molecule has 25 heavy (non-hydrogen) atoms. The van der Waals surface area contributed by atoms with Gasteiger partial charge >= 0.3 is 0 Å². The largest absolute Gasteiger partial charge is 0.492 e. The fraction of sp³-hybridized carbons (Fsp3) is 0.300. The molecule has 5 heteroatoms. The molecular formula is C20H22N2O3. The molecule has 0 saturated carbocycles. The predicted molar refractivity (Wildman–Crippen MR) is 97.1 cm³/mol. The van der Waals surface area contributed by atoms with Gasteiger partial charge in [0.05, 0.1) is 12.3 Å². The Bertz CT molecular complexity index is 767. The average Bonchev–Trinajstić information content (AvgIpc) is 3.18. The van der Waals surface area contributed by atoms with Gasteiger partial charge in [-0.15, -0.1) is 0 Å². The highest BCUT2D eigenvalue weighted by molar-refractivity contribution is 6.06. The lowest BCUT2D eigenvalue weighted by Gasteiger charge is -2.16. The normalized spacial score (nSPS) is 13.6. The SMILES string of the molecule is CCOc1ccccc1NC(=O)c1cccc(C(=O)N2CCCC2)c1. The van der Waals surface area contributed by atoms with Crippen LogP contribution in [0.2, 0.25) is 0 Å². The van der Waals surface area contributed by atoms with Crippen LogP contribution >= 0.6 is 0 Å². The number of hydrogen-bond acceptors (Lipinski definition) is 3. The molecule has 0 aliphatic carbocycles. The van der Waals surface area contributed by atoms with Crippen LogP contribution in [0.5, 0.6) is 5.75 Å². The van der Waals surface area contributed by atoms with E-state index in [0.717, 1.165) is 25.9 Å². The van der Waals surface area contributed by atoms with Crippen LogP contribution in [0, 0.1) is 0 Å². The summed E-state index contributed by atoms with van der Waals surface area (Å²) in [6.07, 6.45) is 2.08. The van der Waals surface area contributed by atoms with Crippen LogP contribution in [0.3, 0.4) is 0 Å². The van der Waals surface area contributed by atoms with Crippen molar-refractivity contribution in [3.63, 3.8) is 0 Å². The van der Waals surface area contributed by atoms with Crippen LogP contribution in [0.25, 0.3) is 0 Å². The Labute approximate surface area is 147 Å². The lowest BCUT2D eigenvalue weighted by Crippen LogP contribution is -2.27. The Morgan fingerprint density at radius 2 is 1.76 bits per heavy atom. The lowest BCUT2D eigenvalue weighted by molar-refractivity contribution is 0.0793. The van der Waals surface area contributed by atoms with Gasteiger partial charge in [-0.3, -0.25) is 9.59 Å². The molecule has 0 spiro atoms. The first-order valence-electron chi connectivity index (χ1n) is 8.61. The standard InChI is InChI=1S/C20H22N2O3/c1-2-25-18-11-4-3-10-17(18)21-19(23)15-8-7-9-16(14-15)20(24)22-12-5-6-13-22/h3-4,7-11,14H,2,5-6,12-13H2,1H3,(H,21,23). The number of carbonyl (C=O) groups is 2. The molecule has 1 fully saturated rings. The van der Waals surface area contributed by atoms with Crippen molar-refractivity contribution in [2.75, 3.05) is 25.0 Å². The quantitative estimate of drug-likeness (QED) is 0.906. The second kappa shape index (κ2) is 7.83. The highest BCUT2D eigenvalue weighted by Gasteiger charge is 2.20. The van der Waals surface area contributed by atoms with Gasteiger partial charge in [-0.2, -0.15) is 0 Å². The molecule has 0 aromatic heterocycles. The summed E-state index contributed by atoms with van der Waals surface area (Å²) < 4.78 is 5.53. The van der Waals surface area contributed by atoms with Crippen molar-refractivity contribution < 1.29 is 14.3 Å². The number of carbonyl (C=O) groups excluding carboxylic acids is 2. The van der Waals surface area contributed by atoms with E-state index in [1.807, 2.05) is 30.0 Å². The summed E-state index contributed by atoms with van der Waals surface area (Å²) in [5.41, 5.74) is 1.62. The molecule has 130 valence electrons. The van der Waals surface area contributed by atoms with Crippen LogP contribution in [0.4, 0.5) is 5.69 Å². The number of benzene rings is 2. The van der Waals surface area contributed by atoms with E-state index in [4.69, 9.17) is 4.74 Å². The molecule has 3 rings (SSSR count). The monoisotopic (exact) mass is 338 g/mol. The number of hydrogen-bond donors (Lipinski definition) is 1. The molecule has 2 amide bonds. The Balaban J connectivity index is 1.76. The van der Waals surface area contributed by atoms with Gasteiger partial charge in [0, 0.05) is 24.2 Å². The van der Waals surface area contributed by atoms with E-state index in [2.05, 4.69) is 5.32 Å². The molecule has 1 aliphatic rings. The van der Waals surface area contributed by atoms with Crippen molar-refractivity contribution in [1.29, 1.82) is 0 Å². The molecule has 5 nitrogen and oxygen atoms in total. The molecule has 1 heterocycles. The summed E-state index contributed by atoms with van der Waals surface area (Å²) in [5.74, 6) is 0.354. The van der Waals surface area contributed by atoms with E-state index in [0.29, 0.717) is 29.2 Å². The Hall–Kier alpha value is -2.82. The maximum atomic E-state index is 12.6. The van der Waals surface area contributed by atoms with E-state index >= 15 is 0 Å². The Kier molecular flexibility index (Phi) is 5.33. The third kappa shape index (κ3) is 3.99. The first-order valence-corrected chi connectivity index (χ1v) is 8.61. The van der Waals surface area contributed by atoms with Gasteiger partial charge in [0.2, 0.25) is 0 Å². The van der Waals surface area contributed by atoms with Gasteiger partial charge in [0.25, 0.3) is 11.8 Å². The van der Waals surface area contributed by atoms with Crippen molar-refractivity contribution in [2.24, 2.45) is 0 Å². The van der Waals surface area contributed by atoms with E-state index in [1.54, 1.807) is 30.3 Å². The van der Waals surface area contributed by atoms with Crippen molar-refractivity contribution in [3.8, 4) is 5.75 Å². The number of amides is 2. The minimum Gasteiger partial charge on any atom is -0.492 e. The minimum absolute atomic E-state index is 0.0122. The summed E-state index contributed by atoms with van der Waals surface area (Å²) >= 11 is 0. The molecule has 1 saturated heterocycles. The van der Waals surface area contributed by atoms with Crippen LogP contribution in [0.15, 0.2) is 48.5 Å². The zero-order valence-corrected chi connectivity index (χ0v) is 14.3. The molecule has 0 radical (unpaired) electrons. The van der Waals surface area contributed by atoms with Gasteiger partial charge < -0.3 is 15.0 Å². The summed E-state index contributed by atoms with van der Waals surface area (Å²) in [6, 6.07) is 14.2. The average molecular weight is 338 g/mol. The maximum absolute atomic E-state index is 12.6. The van der Waals surface area contributed by atoms with Gasteiger partial charge in [-0.05, 0) is 50.1 Å². The Morgan fingerprint density at radius 3 is 2.52 bits per heavy atom. The topological polar surface area (TPSA) is 58.6 Å².